The number of hydrogen-bond acceptors (Lipinski definition) is 4. The molecule has 1 N–H and O–H groups in total. The zero-order valence-corrected chi connectivity index (χ0v) is 11.9. The lowest BCUT2D eigenvalue weighted by molar-refractivity contribution is 0.0697. The smallest absolute Gasteiger partial charge is 0.335 e. The lowest BCUT2D eigenvalue weighted by Crippen LogP contribution is -1.95. The van der Waals surface area contributed by atoms with Gasteiger partial charge in [-0.2, -0.15) is 0 Å². The quantitative estimate of drug-likeness (QED) is 0.588. The maximum Gasteiger partial charge on any atom is 0.335 e. The molecular formula is C16H12N2O2S. The van der Waals surface area contributed by atoms with Gasteiger partial charge in [0.1, 0.15) is 11.4 Å². The number of rotatable bonds is 4. The topological polar surface area (TPSA) is 63.1 Å². The normalized spacial score (nSPS) is 10.7. The number of aromatic nitrogens is 2. The Morgan fingerprint density at radius 1 is 1.05 bits per heavy atom. The molecule has 0 saturated heterocycles. The van der Waals surface area contributed by atoms with E-state index in [1.807, 2.05) is 36.4 Å². The van der Waals surface area contributed by atoms with Gasteiger partial charge in [0.05, 0.1) is 11.1 Å². The molecule has 0 aliphatic carbocycles. The number of benzene rings is 2. The van der Waals surface area contributed by atoms with Gasteiger partial charge in [0.2, 0.25) is 0 Å². The molecule has 0 bridgehead atoms. The van der Waals surface area contributed by atoms with E-state index in [-0.39, 0.29) is 0 Å². The third-order valence-corrected chi connectivity index (χ3v) is 4.16. The molecule has 21 heavy (non-hydrogen) atoms. The van der Waals surface area contributed by atoms with Crippen molar-refractivity contribution in [2.75, 3.05) is 0 Å². The number of carboxylic acid groups (broad SMARTS) is 1. The lowest BCUT2D eigenvalue weighted by Gasteiger charge is -2.05. The minimum absolute atomic E-state index is 0.302. The van der Waals surface area contributed by atoms with Crippen molar-refractivity contribution in [3.8, 4) is 0 Å². The number of para-hydroxylation sites is 1. The first-order valence-electron chi connectivity index (χ1n) is 6.39. The van der Waals surface area contributed by atoms with Crippen molar-refractivity contribution in [1.82, 2.24) is 9.97 Å². The SMILES string of the molecule is O=C(O)c1ccc(CSc2ncnc3ccccc23)cc1. The van der Waals surface area contributed by atoms with Crippen LogP contribution in [0.1, 0.15) is 15.9 Å². The van der Waals surface area contributed by atoms with Crippen LogP contribution in [0.15, 0.2) is 59.9 Å². The molecule has 0 fully saturated rings. The Balaban J connectivity index is 1.79. The Morgan fingerprint density at radius 2 is 1.81 bits per heavy atom. The first-order chi connectivity index (χ1) is 10.2. The van der Waals surface area contributed by atoms with Gasteiger partial charge in [-0.1, -0.05) is 30.3 Å². The summed E-state index contributed by atoms with van der Waals surface area (Å²) in [7, 11) is 0. The average molecular weight is 296 g/mol. The average Bonchev–Trinajstić information content (AvgIpc) is 2.53. The molecule has 0 aliphatic rings. The molecule has 2 aromatic carbocycles. The van der Waals surface area contributed by atoms with Gasteiger partial charge in [-0.15, -0.1) is 11.8 Å². The van der Waals surface area contributed by atoms with E-state index in [9.17, 15) is 4.79 Å². The standard InChI is InChI=1S/C16H12N2O2S/c19-16(20)12-7-5-11(6-8-12)9-21-15-13-3-1-2-4-14(13)17-10-18-15/h1-8,10H,9H2,(H,19,20). The highest BCUT2D eigenvalue weighted by Crippen LogP contribution is 2.27. The maximum absolute atomic E-state index is 10.8. The van der Waals surface area contributed by atoms with Crippen LogP contribution in [0.5, 0.6) is 0 Å². The summed E-state index contributed by atoms with van der Waals surface area (Å²) in [6.45, 7) is 0. The summed E-state index contributed by atoms with van der Waals surface area (Å²) in [5.41, 5.74) is 2.29. The van der Waals surface area contributed by atoms with Crippen molar-refractivity contribution < 1.29 is 9.90 Å². The summed E-state index contributed by atoms with van der Waals surface area (Å²) >= 11 is 1.62. The van der Waals surface area contributed by atoms with E-state index in [1.54, 1.807) is 30.2 Å². The Hall–Kier alpha value is -2.40. The van der Waals surface area contributed by atoms with Gasteiger partial charge in [0.15, 0.2) is 0 Å². The molecule has 104 valence electrons. The van der Waals surface area contributed by atoms with E-state index in [1.165, 1.54) is 0 Å². The van der Waals surface area contributed by atoms with Gasteiger partial charge in [-0.25, -0.2) is 14.8 Å². The Labute approximate surface area is 125 Å². The predicted molar refractivity (Wildman–Crippen MR) is 82.5 cm³/mol. The molecule has 4 nitrogen and oxygen atoms in total. The largest absolute Gasteiger partial charge is 0.478 e. The van der Waals surface area contributed by atoms with E-state index in [0.717, 1.165) is 27.2 Å². The Kier molecular flexibility index (Phi) is 3.83. The van der Waals surface area contributed by atoms with Crippen molar-refractivity contribution in [1.29, 1.82) is 0 Å². The zero-order valence-electron chi connectivity index (χ0n) is 11.1. The van der Waals surface area contributed by atoms with Gasteiger partial charge in [0, 0.05) is 11.1 Å². The molecule has 3 aromatic rings. The number of fused-ring (bicyclic) bond motifs is 1. The molecule has 0 unspecified atom stereocenters. The fourth-order valence-electron chi connectivity index (χ4n) is 1.99. The number of carboxylic acids is 1. The molecule has 3 rings (SSSR count). The molecular weight excluding hydrogens is 284 g/mol. The summed E-state index contributed by atoms with van der Waals surface area (Å²) < 4.78 is 0. The van der Waals surface area contributed by atoms with E-state index in [0.29, 0.717) is 5.56 Å². The van der Waals surface area contributed by atoms with Crippen LogP contribution in [0.3, 0.4) is 0 Å². The van der Waals surface area contributed by atoms with Crippen LogP contribution in [0.2, 0.25) is 0 Å². The highest BCUT2D eigenvalue weighted by atomic mass is 32.2. The minimum atomic E-state index is -0.906. The highest BCUT2D eigenvalue weighted by molar-refractivity contribution is 7.98. The lowest BCUT2D eigenvalue weighted by atomic mass is 10.1. The molecule has 0 spiro atoms. The van der Waals surface area contributed by atoms with Crippen LogP contribution in [0.4, 0.5) is 0 Å². The highest BCUT2D eigenvalue weighted by Gasteiger charge is 2.05. The van der Waals surface area contributed by atoms with Gasteiger partial charge in [-0.3, -0.25) is 0 Å². The summed E-state index contributed by atoms with van der Waals surface area (Å²) in [6, 6.07) is 14.8. The molecule has 0 radical (unpaired) electrons. The monoisotopic (exact) mass is 296 g/mol. The summed E-state index contributed by atoms with van der Waals surface area (Å²) in [5.74, 6) is -0.169. The number of thioether (sulfide) groups is 1. The van der Waals surface area contributed by atoms with Crippen LogP contribution >= 0.6 is 11.8 Å². The molecule has 0 atom stereocenters. The van der Waals surface area contributed by atoms with Gasteiger partial charge in [-0.05, 0) is 23.8 Å². The molecule has 0 saturated carbocycles. The van der Waals surface area contributed by atoms with Crippen molar-refractivity contribution >= 4 is 28.6 Å². The second-order valence-electron chi connectivity index (χ2n) is 4.49. The Morgan fingerprint density at radius 3 is 2.57 bits per heavy atom. The number of aromatic carboxylic acids is 1. The Bertz CT molecular complexity index is 782. The van der Waals surface area contributed by atoms with Crippen LogP contribution in [0.25, 0.3) is 10.9 Å². The van der Waals surface area contributed by atoms with Crippen LogP contribution in [-0.4, -0.2) is 21.0 Å². The number of nitrogens with zero attached hydrogens (tertiary/aromatic N) is 2. The molecule has 1 aromatic heterocycles. The summed E-state index contributed by atoms with van der Waals surface area (Å²) in [4.78, 5) is 19.4. The van der Waals surface area contributed by atoms with E-state index >= 15 is 0 Å². The van der Waals surface area contributed by atoms with Gasteiger partial charge >= 0.3 is 5.97 Å². The van der Waals surface area contributed by atoms with E-state index < -0.39 is 5.97 Å². The fraction of sp³-hybridized carbons (Fsp3) is 0.0625. The number of carbonyl (C=O) groups is 1. The fourth-order valence-corrected chi connectivity index (χ4v) is 2.94. The maximum atomic E-state index is 10.8. The van der Waals surface area contributed by atoms with Crippen LogP contribution < -0.4 is 0 Å². The third kappa shape index (κ3) is 3.03. The first kappa shape index (κ1) is 13.6. The van der Waals surface area contributed by atoms with E-state index in [4.69, 9.17) is 5.11 Å². The van der Waals surface area contributed by atoms with Crippen molar-refractivity contribution in [3.05, 3.63) is 66.0 Å². The minimum Gasteiger partial charge on any atom is -0.478 e. The second-order valence-corrected chi connectivity index (χ2v) is 5.45. The van der Waals surface area contributed by atoms with Crippen molar-refractivity contribution in [2.24, 2.45) is 0 Å². The van der Waals surface area contributed by atoms with E-state index in [2.05, 4.69) is 9.97 Å². The molecule has 5 heteroatoms. The number of hydrogen-bond donors (Lipinski definition) is 1. The second kappa shape index (κ2) is 5.93. The first-order valence-corrected chi connectivity index (χ1v) is 7.37. The van der Waals surface area contributed by atoms with Crippen molar-refractivity contribution in [2.45, 2.75) is 10.8 Å². The molecule has 1 heterocycles. The molecule has 0 amide bonds. The van der Waals surface area contributed by atoms with Crippen LogP contribution in [-0.2, 0) is 5.75 Å². The molecule has 0 aliphatic heterocycles. The van der Waals surface area contributed by atoms with Gasteiger partial charge in [0.25, 0.3) is 0 Å². The van der Waals surface area contributed by atoms with Crippen molar-refractivity contribution in [3.63, 3.8) is 0 Å². The predicted octanol–water partition coefficient (Wildman–Crippen LogP) is 3.62. The van der Waals surface area contributed by atoms with Crippen LogP contribution in [0, 0.1) is 0 Å². The third-order valence-electron chi connectivity index (χ3n) is 3.08. The van der Waals surface area contributed by atoms with Gasteiger partial charge < -0.3 is 5.11 Å². The summed E-state index contributed by atoms with van der Waals surface area (Å²) in [5, 5.41) is 10.8. The summed E-state index contributed by atoms with van der Waals surface area (Å²) in [6.07, 6.45) is 1.57. The zero-order chi connectivity index (χ0) is 14.7.